The molecule has 2 aromatic rings. The molecule has 0 saturated heterocycles. The molecule has 1 aliphatic rings. The van der Waals surface area contributed by atoms with Gasteiger partial charge in [-0.15, -0.1) is 0 Å². The molecule has 1 unspecified atom stereocenters. The summed E-state index contributed by atoms with van der Waals surface area (Å²) in [5.74, 6) is -0.459. The van der Waals surface area contributed by atoms with E-state index in [1.165, 1.54) is 4.90 Å². The number of amides is 2. The average Bonchev–Trinajstić information content (AvgIpc) is 2.89. The van der Waals surface area contributed by atoms with Gasteiger partial charge in [-0.05, 0) is 56.0 Å². The fourth-order valence-corrected chi connectivity index (χ4v) is 6.15. The Kier molecular flexibility index (Phi) is 11.3. The molecule has 0 heterocycles. The normalized spacial score (nSPS) is 14.9. The highest BCUT2D eigenvalue weighted by Gasteiger charge is 2.33. The van der Waals surface area contributed by atoms with E-state index in [1.54, 1.807) is 49.4 Å². The highest BCUT2D eigenvalue weighted by atomic mass is 35.5. The van der Waals surface area contributed by atoms with E-state index in [4.69, 9.17) is 27.9 Å². The van der Waals surface area contributed by atoms with Crippen molar-refractivity contribution in [3.8, 4) is 5.75 Å². The van der Waals surface area contributed by atoms with Gasteiger partial charge in [0.1, 0.15) is 18.3 Å². The number of ether oxygens (including phenoxy) is 1. The molecule has 1 N–H and O–H groups in total. The SMILES string of the molecule is CCOc1ccccc1N(CC(=O)N(Cc1ccc(Cl)cc1Cl)C(CC)C(=O)NC1CCCCC1)S(C)(=O)=O. The summed E-state index contributed by atoms with van der Waals surface area (Å²) >= 11 is 12.5. The Morgan fingerprint density at radius 2 is 1.77 bits per heavy atom. The molecular formula is C28H37Cl2N3O5S. The number of para-hydroxylation sites is 2. The lowest BCUT2D eigenvalue weighted by atomic mass is 9.95. The maximum absolute atomic E-state index is 14.0. The second kappa shape index (κ2) is 14.2. The van der Waals surface area contributed by atoms with Gasteiger partial charge in [-0.2, -0.15) is 0 Å². The highest BCUT2D eigenvalue weighted by Crippen LogP contribution is 2.31. The van der Waals surface area contributed by atoms with E-state index >= 15 is 0 Å². The Morgan fingerprint density at radius 3 is 2.38 bits per heavy atom. The maximum Gasteiger partial charge on any atom is 0.244 e. The van der Waals surface area contributed by atoms with Crippen molar-refractivity contribution in [3.05, 3.63) is 58.1 Å². The number of halogens is 2. The van der Waals surface area contributed by atoms with Crippen molar-refractivity contribution in [1.29, 1.82) is 0 Å². The molecule has 0 bridgehead atoms. The van der Waals surface area contributed by atoms with Crippen LogP contribution >= 0.6 is 23.2 Å². The summed E-state index contributed by atoms with van der Waals surface area (Å²) in [7, 11) is -3.89. The van der Waals surface area contributed by atoms with Crippen LogP contribution in [0, 0.1) is 0 Å². The van der Waals surface area contributed by atoms with Crippen LogP contribution in [0.2, 0.25) is 10.0 Å². The number of nitrogens with zero attached hydrogens (tertiary/aromatic N) is 2. The minimum absolute atomic E-state index is 0.0101. The third kappa shape index (κ3) is 8.50. The number of hydrogen-bond acceptors (Lipinski definition) is 5. The number of anilines is 1. The smallest absolute Gasteiger partial charge is 0.244 e. The first-order chi connectivity index (χ1) is 18.5. The average molecular weight is 599 g/mol. The quantitative estimate of drug-likeness (QED) is 0.352. The molecule has 1 aliphatic carbocycles. The molecule has 0 aromatic heterocycles. The summed E-state index contributed by atoms with van der Waals surface area (Å²) in [6.07, 6.45) is 6.42. The number of carbonyl (C=O) groups is 2. The minimum atomic E-state index is -3.89. The standard InChI is InChI=1S/C28H37Cl2N3O5S/c1-4-24(28(35)31-22-11-7-6-8-12-22)32(18-20-15-16-21(29)17-23(20)30)27(34)19-33(39(3,36)37)25-13-9-10-14-26(25)38-5-2/h9-10,13-17,22,24H,4-8,11-12,18-19H2,1-3H3,(H,31,35). The van der Waals surface area contributed by atoms with Crippen LogP contribution < -0.4 is 14.4 Å². The number of rotatable bonds is 12. The third-order valence-corrected chi connectivity index (χ3v) is 8.52. The van der Waals surface area contributed by atoms with Gasteiger partial charge in [0, 0.05) is 22.6 Å². The van der Waals surface area contributed by atoms with E-state index in [0.717, 1.165) is 42.7 Å². The zero-order valence-electron chi connectivity index (χ0n) is 22.7. The van der Waals surface area contributed by atoms with Crippen molar-refractivity contribution in [2.24, 2.45) is 0 Å². The first-order valence-corrected chi connectivity index (χ1v) is 15.9. The third-order valence-electron chi connectivity index (χ3n) is 6.81. The van der Waals surface area contributed by atoms with E-state index in [0.29, 0.717) is 34.4 Å². The molecule has 2 aromatic carbocycles. The van der Waals surface area contributed by atoms with Gasteiger partial charge < -0.3 is 15.0 Å². The van der Waals surface area contributed by atoms with Gasteiger partial charge in [0.2, 0.25) is 21.8 Å². The molecule has 1 fully saturated rings. The van der Waals surface area contributed by atoms with Crippen LogP contribution in [0.25, 0.3) is 0 Å². The molecule has 2 amide bonds. The lowest BCUT2D eigenvalue weighted by Gasteiger charge is -2.34. The topological polar surface area (TPSA) is 96.0 Å². The molecular weight excluding hydrogens is 561 g/mol. The summed E-state index contributed by atoms with van der Waals surface area (Å²) in [4.78, 5) is 28.9. The van der Waals surface area contributed by atoms with Crippen molar-refractivity contribution in [2.45, 2.75) is 71.0 Å². The predicted octanol–water partition coefficient (Wildman–Crippen LogP) is 5.41. The van der Waals surface area contributed by atoms with Crippen LogP contribution in [0.1, 0.15) is 57.9 Å². The van der Waals surface area contributed by atoms with Crippen molar-refractivity contribution in [2.75, 3.05) is 23.7 Å². The molecule has 39 heavy (non-hydrogen) atoms. The van der Waals surface area contributed by atoms with Gasteiger partial charge >= 0.3 is 0 Å². The van der Waals surface area contributed by atoms with E-state index in [2.05, 4.69) is 5.32 Å². The molecule has 0 radical (unpaired) electrons. The van der Waals surface area contributed by atoms with Crippen LogP contribution in [0.4, 0.5) is 5.69 Å². The van der Waals surface area contributed by atoms with Gasteiger partial charge in [0.15, 0.2) is 0 Å². The van der Waals surface area contributed by atoms with Crippen molar-refractivity contribution in [3.63, 3.8) is 0 Å². The molecule has 11 heteroatoms. The fraction of sp³-hybridized carbons (Fsp3) is 0.500. The van der Waals surface area contributed by atoms with Gasteiger partial charge in [0.05, 0.1) is 18.6 Å². The van der Waals surface area contributed by atoms with Crippen molar-refractivity contribution < 1.29 is 22.7 Å². The fourth-order valence-electron chi connectivity index (χ4n) is 4.83. The second-order valence-electron chi connectivity index (χ2n) is 9.70. The van der Waals surface area contributed by atoms with Gasteiger partial charge in [-0.1, -0.05) is 67.6 Å². The van der Waals surface area contributed by atoms with Gasteiger partial charge in [-0.25, -0.2) is 8.42 Å². The number of nitrogens with one attached hydrogen (secondary N) is 1. The molecule has 1 saturated carbocycles. The Labute approximate surface area is 241 Å². The predicted molar refractivity (Wildman–Crippen MR) is 156 cm³/mol. The molecule has 0 aliphatic heterocycles. The summed E-state index contributed by atoms with van der Waals surface area (Å²) in [6, 6.07) is 10.8. The van der Waals surface area contributed by atoms with Crippen LogP contribution in [0.3, 0.4) is 0 Å². The minimum Gasteiger partial charge on any atom is -0.492 e. The monoisotopic (exact) mass is 597 g/mol. The van der Waals surface area contributed by atoms with Crippen LogP contribution in [0.5, 0.6) is 5.75 Å². The molecule has 214 valence electrons. The van der Waals surface area contributed by atoms with E-state index in [-0.39, 0.29) is 24.2 Å². The first kappa shape index (κ1) is 31.0. The summed E-state index contributed by atoms with van der Waals surface area (Å²) in [5.41, 5.74) is 0.846. The zero-order chi connectivity index (χ0) is 28.6. The Hall–Kier alpha value is -2.49. The first-order valence-electron chi connectivity index (χ1n) is 13.3. The van der Waals surface area contributed by atoms with Crippen LogP contribution in [0.15, 0.2) is 42.5 Å². The van der Waals surface area contributed by atoms with E-state index < -0.39 is 28.5 Å². The largest absolute Gasteiger partial charge is 0.492 e. The number of sulfonamides is 1. The molecule has 8 nitrogen and oxygen atoms in total. The van der Waals surface area contributed by atoms with E-state index in [1.807, 2.05) is 6.92 Å². The van der Waals surface area contributed by atoms with Gasteiger partial charge in [0.25, 0.3) is 0 Å². The summed E-state index contributed by atoms with van der Waals surface area (Å²) < 4.78 is 32.5. The van der Waals surface area contributed by atoms with Crippen molar-refractivity contribution >= 4 is 50.7 Å². The number of hydrogen-bond donors (Lipinski definition) is 1. The highest BCUT2D eigenvalue weighted by molar-refractivity contribution is 7.92. The Morgan fingerprint density at radius 1 is 1.08 bits per heavy atom. The lowest BCUT2D eigenvalue weighted by Crippen LogP contribution is -2.54. The number of carbonyl (C=O) groups excluding carboxylic acids is 2. The molecule has 0 spiro atoms. The summed E-state index contributed by atoms with van der Waals surface area (Å²) in [5, 5.41) is 3.91. The Balaban J connectivity index is 1.97. The van der Waals surface area contributed by atoms with Crippen LogP contribution in [-0.2, 0) is 26.2 Å². The van der Waals surface area contributed by atoms with Gasteiger partial charge in [-0.3, -0.25) is 13.9 Å². The van der Waals surface area contributed by atoms with Crippen LogP contribution in [-0.4, -0.2) is 56.6 Å². The molecule has 3 rings (SSSR count). The zero-order valence-corrected chi connectivity index (χ0v) is 25.0. The second-order valence-corrected chi connectivity index (χ2v) is 12.4. The molecule has 1 atom stereocenters. The number of benzene rings is 2. The van der Waals surface area contributed by atoms with E-state index in [9.17, 15) is 18.0 Å². The Bertz CT molecular complexity index is 1250. The van der Waals surface area contributed by atoms with Crippen molar-refractivity contribution in [1.82, 2.24) is 10.2 Å². The maximum atomic E-state index is 14.0. The summed E-state index contributed by atoms with van der Waals surface area (Å²) in [6.45, 7) is 3.44. The lowest BCUT2D eigenvalue weighted by molar-refractivity contribution is -0.140.